The van der Waals surface area contributed by atoms with Crippen molar-refractivity contribution in [2.75, 3.05) is 25.4 Å². The molecule has 2 aliphatic rings. The lowest BCUT2D eigenvalue weighted by Crippen LogP contribution is -2.51. The van der Waals surface area contributed by atoms with Gasteiger partial charge >= 0.3 is 0 Å². The Labute approximate surface area is 132 Å². The number of nitrogens with zero attached hydrogens (tertiary/aromatic N) is 2. The Balaban J connectivity index is 2.09. The highest BCUT2D eigenvalue weighted by atomic mass is 32.2. The van der Waals surface area contributed by atoms with Gasteiger partial charge in [0.25, 0.3) is 0 Å². The first-order valence-electron chi connectivity index (χ1n) is 7.89. The van der Waals surface area contributed by atoms with Gasteiger partial charge in [0.2, 0.25) is 11.8 Å². The second kappa shape index (κ2) is 5.82. The summed E-state index contributed by atoms with van der Waals surface area (Å²) in [5.74, 6) is 1.81. The lowest BCUT2D eigenvalue weighted by molar-refractivity contribution is -0.142. The zero-order chi connectivity index (χ0) is 15.8. The Morgan fingerprint density at radius 1 is 1.24 bits per heavy atom. The number of likely N-dealkylation sites (tertiary alicyclic amines) is 1. The monoisotopic (exact) mass is 312 g/mol. The van der Waals surface area contributed by atoms with E-state index in [1.165, 1.54) is 0 Å². The molecule has 2 fully saturated rings. The van der Waals surface area contributed by atoms with E-state index in [0.717, 1.165) is 25.3 Å². The summed E-state index contributed by atoms with van der Waals surface area (Å²) in [7, 11) is 0. The Hall–Kier alpha value is -0.710. The molecule has 0 aromatic carbocycles. The van der Waals surface area contributed by atoms with Gasteiger partial charge in [-0.25, -0.2) is 0 Å². The van der Waals surface area contributed by atoms with E-state index in [1.54, 1.807) is 0 Å². The van der Waals surface area contributed by atoms with E-state index in [4.69, 9.17) is 0 Å². The van der Waals surface area contributed by atoms with Crippen molar-refractivity contribution in [3.63, 3.8) is 0 Å². The van der Waals surface area contributed by atoms with Crippen LogP contribution in [0.4, 0.5) is 0 Å². The molecule has 1 spiro atoms. The van der Waals surface area contributed by atoms with Crippen LogP contribution in [0.1, 0.15) is 47.5 Å². The molecule has 1 unspecified atom stereocenters. The first-order valence-corrected chi connectivity index (χ1v) is 8.88. The van der Waals surface area contributed by atoms with Crippen molar-refractivity contribution in [3.05, 3.63) is 0 Å². The average molecular weight is 312 g/mol. The van der Waals surface area contributed by atoms with Crippen LogP contribution in [0.15, 0.2) is 0 Å². The number of carbonyl (C=O) groups is 2. The summed E-state index contributed by atoms with van der Waals surface area (Å²) in [5.41, 5.74) is -0.354. The molecule has 2 saturated heterocycles. The number of hydrogen-bond donors (Lipinski definition) is 0. The molecule has 0 radical (unpaired) electrons. The lowest BCUT2D eigenvalue weighted by atomic mass is 9.93. The van der Waals surface area contributed by atoms with Crippen LogP contribution >= 0.6 is 11.8 Å². The van der Waals surface area contributed by atoms with Gasteiger partial charge in [-0.3, -0.25) is 9.59 Å². The van der Waals surface area contributed by atoms with Crippen molar-refractivity contribution in [3.8, 4) is 0 Å². The van der Waals surface area contributed by atoms with Crippen molar-refractivity contribution in [2.24, 2.45) is 11.3 Å². The predicted octanol–water partition coefficient (Wildman–Crippen LogP) is 2.58. The van der Waals surface area contributed by atoms with Gasteiger partial charge in [0.1, 0.15) is 4.87 Å². The van der Waals surface area contributed by atoms with Crippen LogP contribution in [0.25, 0.3) is 0 Å². The molecule has 2 amide bonds. The molecule has 120 valence electrons. The van der Waals surface area contributed by atoms with Crippen LogP contribution in [-0.2, 0) is 9.59 Å². The van der Waals surface area contributed by atoms with Gasteiger partial charge in [-0.2, -0.15) is 0 Å². The van der Waals surface area contributed by atoms with E-state index >= 15 is 0 Å². The summed E-state index contributed by atoms with van der Waals surface area (Å²) in [6.07, 6.45) is 1.51. The maximum atomic E-state index is 12.7. The molecule has 2 heterocycles. The van der Waals surface area contributed by atoms with Crippen molar-refractivity contribution in [1.82, 2.24) is 9.80 Å². The SMILES string of the molecule is CC(C)CC(=O)N1CCC2(C1)SCCN2C(=O)C(C)(C)C. The molecule has 2 aliphatic heterocycles. The van der Waals surface area contributed by atoms with E-state index < -0.39 is 0 Å². The summed E-state index contributed by atoms with van der Waals surface area (Å²) in [6, 6.07) is 0. The largest absolute Gasteiger partial charge is 0.339 e. The van der Waals surface area contributed by atoms with E-state index in [1.807, 2.05) is 42.3 Å². The van der Waals surface area contributed by atoms with Gasteiger partial charge in [-0.15, -0.1) is 11.8 Å². The zero-order valence-corrected chi connectivity index (χ0v) is 14.8. The molecule has 0 N–H and O–H groups in total. The normalized spacial score (nSPS) is 26.2. The quantitative estimate of drug-likeness (QED) is 0.787. The fraction of sp³-hybridized carbons (Fsp3) is 0.875. The number of thioether (sulfide) groups is 1. The Kier molecular flexibility index (Phi) is 4.62. The fourth-order valence-corrected chi connectivity index (χ4v) is 4.56. The van der Waals surface area contributed by atoms with Crippen molar-refractivity contribution < 1.29 is 9.59 Å². The van der Waals surface area contributed by atoms with Crippen LogP contribution in [-0.4, -0.2) is 51.9 Å². The van der Waals surface area contributed by atoms with Gasteiger partial charge in [0.05, 0.1) is 6.54 Å². The number of hydrogen-bond acceptors (Lipinski definition) is 3. The fourth-order valence-electron chi connectivity index (χ4n) is 3.10. The molecule has 21 heavy (non-hydrogen) atoms. The van der Waals surface area contributed by atoms with Crippen LogP contribution in [0.3, 0.4) is 0 Å². The standard InChI is InChI=1S/C16H28N2O2S/c1-12(2)10-13(19)17-7-6-16(11-17)18(8-9-21-16)14(20)15(3,4)5/h12H,6-11H2,1-5H3. The maximum absolute atomic E-state index is 12.7. The summed E-state index contributed by atoms with van der Waals surface area (Å²) < 4.78 is 0. The van der Waals surface area contributed by atoms with Crippen LogP contribution in [0.5, 0.6) is 0 Å². The molecule has 2 rings (SSSR count). The molecule has 5 heteroatoms. The predicted molar refractivity (Wildman–Crippen MR) is 87.0 cm³/mol. The molecule has 1 atom stereocenters. The van der Waals surface area contributed by atoms with E-state index in [-0.39, 0.29) is 22.1 Å². The second-order valence-corrected chi connectivity index (χ2v) is 9.12. The minimum Gasteiger partial charge on any atom is -0.339 e. The van der Waals surface area contributed by atoms with Crippen molar-refractivity contribution in [2.45, 2.75) is 52.3 Å². The summed E-state index contributed by atoms with van der Waals surface area (Å²) >= 11 is 1.86. The Bertz CT molecular complexity index is 430. The zero-order valence-electron chi connectivity index (χ0n) is 13.9. The molecular formula is C16H28N2O2S. The third-order valence-electron chi connectivity index (χ3n) is 4.21. The topological polar surface area (TPSA) is 40.6 Å². The van der Waals surface area contributed by atoms with Gasteiger partial charge in [-0.1, -0.05) is 34.6 Å². The van der Waals surface area contributed by atoms with Gasteiger partial charge in [0, 0.05) is 30.7 Å². The van der Waals surface area contributed by atoms with Crippen LogP contribution < -0.4 is 0 Å². The van der Waals surface area contributed by atoms with Crippen molar-refractivity contribution in [1.29, 1.82) is 0 Å². The molecule has 0 saturated carbocycles. The second-order valence-electron chi connectivity index (χ2n) is 7.66. The highest BCUT2D eigenvalue weighted by molar-refractivity contribution is 8.00. The lowest BCUT2D eigenvalue weighted by Gasteiger charge is -2.37. The molecule has 0 bridgehead atoms. The highest BCUT2D eigenvalue weighted by Crippen LogP contribution is 2.44. The Morgan fingerprint density at radius 3 is 2.48 bits per heavy atom. The summed E-state index contributed by atoms with van der Waals surface area (Å²) in [5, 5.41) is 0. The average Bonchev–Trinajstić information content (AvgIpc) is 2.95. The molecule has 0 aliphatic carbocycles. The summed E-state index contributed by atoms with van der Waals surface area (Å²) in [4.78, 5) is 28.8. The van der Waals surface area contributed by atoms with Gasteiger partial charge in [-0.05, 0) is 12.3 Å². The number of carbonyl (C=O) groups excluding carboxylic acids is 2. The van der Waals surface area contributed by atoms with Gasteiger partial charge in [0.15, 0.2) is 0 Å². The summed E-state index contributed by atoms with van der Waals surface area (Å²) in [6.45, 7) is 12.4. The molecular weight excluding hydrogens is 284 g/mol. The first-order chi connectivity index (χ1) is 9.66. The smallest absolute Gasteiger partial charge is 0.229 e. The highest BCUT2D eigenvalue weighted by Gasteiger charge is 2.51. The van der Waals surface area contributed by atoms with Crippen LogP contribution in [0, 0.1) is 11.3 Å². The minimum absolute atomic E-state index is 0.170. The molecule has 0 aromatic heterocycles. The molecule has 0 aromatic rings. The minimum atomic E-state index is -0.354. The third kappa shape index (κ3) is 3.38. The van der Waals surface area contributed by atoms with Gasteiger partial charge < -0.3 is 9.80 Å². The Morgan fingerprint density at radius 2 is 1.90 bits per heavy atom. The number of amides is 2. The number of rotatable bonds is 2. The van der Waals surface area contributed by atoms with E-state index in [2.05, 4.69) is 13.8 Å². The van der Waals surface area contributed by atoms with Crippen LogP contribution in [0.2, 0.25) is 0 Å². The third-order valence-corrected chi connectivity index (χ3v) is 5.69. The maximum Gasteiger partial charge on any atom is 0.229 e. The van der Waals surface area contributed by atoms with E-state index in [0.29, 0.717) is 18.9 Å². The first kappa shape index (κ1) is 16.7. The van der Waals surface area contributed by atoms with Crippen molar-refractivity contribution >= 4 is 23.6 Å². The van der Waals surface area contributed by atoms with E-state index in [9.17, 15) is 9.59 Å². The molecule has 4 nitrogen and oxygen atoms in total.